The van der Waals surface area contributed by atoms with Crippen molar-refractivity contribution in [3.63, 3.8) is 0 Å². The van der Waals surface area contributed by atoms with E-state index in [-0.39, 0.29) is 0 Å². The lowest BCUT2D eigenvalue weighted by atomic mass is 9.95. The third kappa shape index (κ3) is 6.23. The summed E-state index contributed by atoms with van der Waals surface area (Å²) >= 11 is 0. The van der Waals surface area contributed by atoms with Crippen LogP contribution in [0.15, 0.2) is 199 Å². The lowest BCUT2D eigenvalue weighted by Crippen LogP contribution is -1.93. The summed E-state index contributed by atoms with van der Waals surface area (Å²) in [6.45, 7) is 5.99. The molecule has 3 heteroatoms. The smallest absolute Gasteiger partial charge is 0.143 e. The monoisotopic (exact) mass is 692 g/mol. The number of pyridine rings is 2. The zero-order chi connectivity index (χ0) is 36.4. The van der Waals surface area contributed by atoms with Gasteiger partial charge in [-0.3, -0.25) is 0 Å². The quantitative estimate of drug-likeness (QED) is 0.149. The van der Waals surface area contributed by atoms with Crippen LogP contribution in [0, 0.1) is 0 Å². The molecule has 0 amide bonds. The molecule has 0 unspecified atom stereocenters. The molecule has 0 aliphatic carbocycles. The molecular weight excluding hydrogens is 657 g/mol. The number of fused-ring (bicyclic) bond motifs is 3. The second kappa shape index (κ2) is 14.1. The Balaban J connectivity index is 1.19. The molecular formula is C51H36N2O. The number of furan rings is 1. The maximum atomic E-state index is 6.97. The number of hydrogen-bond acceptors (Lipinski definition) is 3. The Labute approximate surface area is 315 Å². The van der Waals surface area contributed by atoms with Crippen LogP contribution in [0.5, 0.6) is 0 Å². The van der Waals surface area contributed by atoms with E-state index in [1.54, 1.807) is 0 Å². The lowest BCUT2D eigenvalue weighted by Gasteiger charge is -2.12. The van der Waals surface area contributed by atoms with Gasteiger partial charge in [0, 0.05) is 38.6 Å². The molecule has 9 aromatic rings. The molecule has 3 heterocycles. The van der Waals surface area contributed by atoms with Gasteiger partial charge in [0.25, 0.3) is 0 Å². The largest absolute Gasteiger partial charge is 0.455 e. The molecule has 0 fully saturated rings. The van der Waals surface area contributed by atoms with E-state index in [4.69, 9.17) is 14.4 Å². The Hall–Kier alpha value is -7.10. The second-order valence-electron chi connectivity index (χ2n) is 13.5. The zero-order valence-corrected chi connectivity index (χ0v) is 29.9. The zero-order valence-electron chi connectivity index (χ0n) is 29.9. The first-order valence-corrected chi connectivity index (χ1v) is 18.2. The summed E-state index contributed by atoms with van der Waals surface area (Å²) in [4.78, 5) is 10.2. The standard InChI is InChI=1S/C51H36N2O/c1-3-16-34(2)46-30-40(31-47(52-46)35-17-7-4-8-18-35)38-23-13-24-39(29-38)42-25-14-27-44-45-28-15-26-43(51(45)54-50(42)44)41-32-48(36-19-9-5-10-20-36)53-49(33-41)37-21-11-6-12-22-37/h3-33H,1H2,2H3. The topological polar surface area (TPSA) is 38.9 Å². The number of para-hydroxylation sites is 2. The van der Waals surface area contributed by atoms with Crippen molar-refractivity contribution >= 4 is 27.5 Å². The minimum Gasteiger partial charge on any atom is -0.455 e. The summed E-state index contributed by atoms with van der Waals surface area (Å²) in [7, 11) is 0. The van der Waals surface area contributed by atoms with Gasteiger partial charge in [-0.25, -0.2) is 9.97 Å². The Morgan fingerprint density at radius 2 is 0.907 bits per heavy atom. The summed E-state index contributed by atoms with van der Waals surface area (Å²) in [5.74, 6) is 0. The van der Waals surface area contributed by atoms with Crippen LogP contribution in [0.25, 0.3) is 94.7 Å². The lowest BCUT2D eigenvalue weighted by molar-refractivity contribution is 0.671. The van der Waals surface area contributed by atoms with Crippen LogP contribution in [-0.4, -0.2) is 9.97 Å². The molecule has 3 aromatic heterocycles. The summed E-state index contributed by atoms with van der Waals surface area (Å²) in [6, 6.07) is 61.3. The number of benzene rings is 6. The van der Waals surface area contributed by atoms with Crippen molar-refractivity contribution in [3.8, 4) is 67.2 Å². The minimum absolute atomic E-state index is 0.857. The molecule has 0 atom stereocenters. The number of aromatic nitrogens is 2. The number of rotatable bonds is 8. The molecule has 3 nitrogen and oxygen atoms in total. The van der Waals surface area contributed by atoms with Crippen molar-refractivity contribution in [1.29, 1.82) is 0 Å². The van der Waals surface area contributed by atoms with Crippen molar-refractivity contribution in [2.45, 2.75) is 6.92 Å². The first kappa shape index (κ1) is 32.8. The average Bonchev–Trinajstić information content (AvgIpc) is 3.64. The molecule has 0 spiro atoms. The fraction of sp³-hybridized carbons (Fsp3) is 0.0196. The summed E-state index contributed by atoms with van der Waals surface area (Å²) < 4.78 is 6.97. The fourth-order valence-electron chi connectivity index (χ4n) is 7.26. The molecule has 0 bridgehead atoms. The Morgan fingerprint density at radius 3 is 1.46 bits per heavy atom. The van der Waals surface area contributed by atoms with E-state index in [1.807, 2.05) is 30.4 Å². The van der Waals surface area contributed by atoms with E-state index in [0.29, 0.717) is 0 Å². The van der Waals surface area contributed by atoms with Gasteiger partial charge in [-0.15, -0.1) is 0 Å². The van der Waals surface area contributed by atoms with Crippen LogP contribution in [0.2, 0.25) is 0 Å². The van der Waals surface area contributed by atoms with E-state index in [1.165, 1.54) is 0 Å². The highest BCUT2D eigenvalue weighted by Gasteiger charge is 2.18. The number of hydrogen-bond donors (Lipinski definition) is 0. The van der Waals surface area contributed by atoms with Crippen molar-refractivity contribution in [3.05, 3.63) is 200 Å². The Bertz CT molecular complexity index is 2780. The molecule has 6 aromatic carbocycles. The molecule has 0 N–H and O–H groups in total. The Morgan fingerprint density at radius 1 is 0.444 bits per heavy atom. The molecule has 0 aliphatic heterocycles. The molecule has 0 radical (unpaired) electrons. The first-order chi connectivity index (χ1) is 26.6. The second-order valence-corrected chi connectivity index (χ2v) is 13.5. The van der Waals surface area contributed by atoms with E-state index in [9.17, 15) is 0 Å². The average molecular weight is 693 g/mol. The van der Waals surface area contributed by atoms with Gasteiger partial charge in [-0.1, -0.05) is 164 Å². The van der Waals surface area contributed by atoms with Crippen molar-refractivity contribution in [1.82, 2.24) is 9.97 Å². The third-order valence-electron chi connectivity index (χ3n) is 9.97. The van der Waals surface area contributed by atoms with Gasteiger partial charge in [-0.05, 0) is 65.1 Å². The predicted octanol–water partition coefficient (Wildman–Crippen LogP) is 14.0. The van der Waals surface area contributed by atoms with Crippen molar-refractivity contribution in [2.24, 2.45) is 0 Å². The minimum atomic E-state index is 0.857. The van der Waals surface area contributed by atoms with Gasteiger partial charge < -0.3 is 4.42 Å². The van der Waals surface area contributed by atoms with Gasteiger partial charge in [0.05, 0.1) is 22.8 Å². The van der Waals surface area contributed by atoms with Gasteiger partial charge in [-0.2, -0.15) is 0 Å². The van der Waals surface area contributed by atoms with E-state index >= 15 is 0 Å². The molecule has 0 saturated carbocycles. The van der Waals surface area contributed by atoms with Crippen molar-refractivity contribution in [2.75, 3.05) is 0 Å². The highest BCUT2D eigenvalue weighted by atomic mass is 16.3. The van der Waals surface area contributed by atoms with Gasteiger partial charge in [0.1, 0.15) is 11.2 Å². The summed E-state index contributed by atoms with van der Waals surface area (Å²) in [6.07, 6.45) is 3.82. The summed E-state index contributed by atoms with van der Waals surface area (Å²) in [5.41, 5.74) is 16.1. The van der Waals surface area contributed by atoms with Crippen LogP contribution in [0.1, 0.15) is 12.6 Å². The molecule has 0 aliphatic rings. The molecule has 0 saturated heterocycles. The Kier molecular flexibility index (Phi) is 8.58. The highest BCUT2D eigenvalue weighted by molar-refractivity contribution is 6.13. The molecule has 54 heavy (non-hydrogen) atoms. The van der Waals surface area contributed by atoms with Gasteiger partial charge in [0.2, 0.25) is 0 Å². The van der Waals surface area contributed by atoms with Gasteiger partial charge >= 0.3 is 0 Å². The van der Waals surface area contributed by atoms with E-state index in [2.05, 4.69) is 171 Å². The molecule has 9 rings (SSSR count). The van der Waals surface area contributed by atoms with Crippen LogP contribution in [-0.2, 0) is 0 Å². The first-order valence-electron chi connectivity index (χ1n) is 18.2. The predicted molar refractivity (Wildman–Crippen MR) is 226 cm³/mol. The van der Waals surface area contributed by atoms with Crippen LogP contribution >= 0.6 is 0 Å². The SMILES string of the molecule is C=CC=C(C)c1cc(-c2cccc(-c3cccc4c3oc3c(-c5cc(-c6ccccc6)nc(-c6ccccc6)c5)cccc34)c2)cc(-c2ccccc2)n1. The highest BCUT2D eigenvalue weighted by Crippen LogP contribution is 2.42. The fourth-order valence-corrected chi connectivity index (χ4v) is 7.26. The maximum absolute atomic E-state index is 6.97. The van der Waals surface area contributed by atoms with Gasteiger partial charge in [0.15, 0.2) is 0 Å². The van der Waals surface area contributed by atoms with E-state index < -0.39 is 0 Å². The van der Waals surface area contributed by atoms with E-state index in [0.717, 1.165) is 100 Å². The van der Waals surface area contributed by atoms with Crippen LogP contribution in [0.3, 0.4) is 0 Å². The number of allylic oxidation sites excluding steroid dienone is 3. The normalized spacial score (nSPS) is 11.6. The molecule has 256 valence electrons. The van der Waals surface area contributed by atoms with Crippen LogP contribution in [0.4, 0.5) is 0 Å². The van der Waals surface area contributed by atoms with Crippen LogP contribution < -0.4 is 0 Å². The number of nitrogens with zero attached hydrogens (tertiary/aromatic N) is 2. The third-order valence-corrected chi connectivity index (χ3v) is 9.97. The maximum Gasteiger partial charge on any atom is 0.143 e. The van der Waals surface area contributed by atoms with Crippen molar-refractivity contribution < 1.29 is 4.42 Å². The summed E-state index contributed by atoms with van der Waals surface area (Å²) in [5, 5.41) is 2.16.